The van der Waals surface area contributed by atoms with E-state index in [1.54, 1.807) is 11.4 Å². The second-order valence-electron chi connectivity index (χ2n) is 7.00. The molecule has 2 N–H and O–H groups in total. The number of thiazole rings is 1. The van der Waals surface area contributed by atoms with Gasteiger partial charge in [0.2, 0.25) is 5.91 Å². The van der Waals surface area contributed by atoms with Gasteiger partial charge >= 0.3 is 0 Å². The smallest absolute Gasteiger partial charge is 0.268 e. The number of primary amides is 1. The quantitative estimate of drug-likeness (QED) is 0.869. The third-order valence-corrected chi connectivity index (χ3v) is 6.19. The van der Waals surface area contributed by atoms with Gasteiger partial charge in [-0.25, -0.2) is 9.37 Å². The molecule has 0 radical (unpaired) electrons. The van der Waals surface area contributed by atoms with Crippen LogP contribution in [0.4, 0.5) is 10.1 Å². The topological polar surface area (TPSA) is 79.5 Å². The highest BCUT2D eigenvalue weighted by atomic mass is 32.1. The van der Waals surface area contributed by atoms with Gasteiger partial charge in [-0.2, -0.15) is 0 Å². The minimum Gasteiger partial charge on any atom is -0.368 e. The molecule has 0 saturated carbocycles. The van der Waals surface area contributed by atoms with E-state index in [-0.39, 0.29) is 23.8 Å². The van der Waals surface area contributed by atoms with Crippen molar-refractivity contribution in [2.24, 2.45) is 5.73 Å². The molecule has 8 heteroatoms. The Kier molecular flexibility index (Phi) is 4.82. The minimum absolute atomic E-state index is 0.0201. The zero-order valence-corrected chi connectivity index (χ0v) is 15.7. The molecule has 2 aliphatic rings. The van der Waals surface area contributed by atoms with Crippen molar-refractivity contribution in [2.75, 3.05) is 24.5 Å². The van der Waals surface area contributed by atoms with Crippen molar-refractivity contribution >= 4 is 28.8 Å². The number of benzene rings is 1. The molecule has 0 unspecified atom stereocenters. The molecule has 2 aromatic rings. The minimum atomic E-state index is -0.576. The molecule has 3 heterocycles. The summed E-state index contributed by atoms with van der Waals surface area (Å²) in [5.41, 5.74) is 7.61. The van der Waals surface area contributed by atoms with Gasteiger partial charge in [-0.15, -0.1) is 11.3 Å². The van der Waals surface area contributed by atoms with Crippen LogP contribution in [0.15, 0.2) is 23.6 Å². The number of carbonyl (C=O) groups is 2. The van der Waals surface area contributed by atoms with Gasteiger partial charge in [-0.05, 0) is 37.0 Å². The summed E-state index contributed by atoms with van der Waals surface area (Å²) in [5, 5.41) is 2.20. The SMILES string of the molecule is NC(=O)c1csc(CC(=O)N2CCC(N3CCc4ccc(F)cc43)CC2)n1. The fourth-order valence-corrected chi connectivity index (χ4v) is 4.70. The summed E-state index contributed by atoms with van der Waals surface area (Å²) < 4.78 is 13.6. The number of hydrogen-bond donors (Lipinski definition) is 1. The summed E-state index contributed by atoms with van der Waals surface area (Å²) in [4.78, 5) is 31.9. The standard InChI is InChI=1S/C19H21FN4O2S/c20-13-2-1-12-3-8-24(16(12)9-13)14-4-6-23(7-5-14)18(25)10-17-22-15(11-27-17)19(21)26/h1-2,9,11,14H,3-8,10H2,(H2,21,26). The lowest BCUT2D eigenvalue weighted by Gasteiger charge is -2.38. The number of nitrogens with two attached hydrogens (primary N) is 1. The molecule has 142 valence electrons. The Labute approximate surface area is 160 Å². The number of halogens is 1. The predicted molar refractivity (Wildman–Crippen MR) is 101 cm³/mol. The number of piperidine rings is 1. The fraction of sp³-hybridized carbons (Fsp3) is 0.421. The molecule has 0 aliphatic carbocycles. The highest BCUT2D eigenvalue weighted by Gasteiger charge is 2.31. The molecule has 0 bridgehead atoms. The van der Waals surface area contributed by atoms with Gasteiger partial charge in [0.05, 0.1) is 6.42 Å². The molecule has 27 heavy (non-hydrogen) atoms. The van der Waals surface area contributed by atoms with Crippen molar-refractivity contribution in [2.45, 2.75) is 31.7 Å². The lowest BCUT2D eigenvalue weighted by molar-refractivity contribution is -0.131. The largest absolute Gasteiger partial charge is 0.368 e. The zero-order chi connectivity index (χ0) is 19.0. The number of likely N-dealkylation sites (tertiary alicyclic amines) is 1. The van der Waals surface area contributed by atoms with Crippen molar-refractivity contribution in [1.82, 2.24) is 9.88 Å². The van der Waals surface area contributed by atoms with Gasteiger partial charge in [0, 0.05) is 36.7 Å². The lowest BCUT2D eigenvalue weighted by Crippen LogP contribution is -2.46. The third kappa shape index (κ3) is 3.66. The highest BCUT2D eigenvalue weighted by Crippen LogP contribution is 2.33. The van der Waals surface area contributed by atoms with E-state index >= 15 is 0 Å². The Morgan fingerprint density at radius 2 is 2.04 bits per heavy atom. The summed E-state index contributed by atoms with van der Waals surface area (Å²) in [6.45, 7) is 2.27. The molecule has 1 aromatic carbocycles. The monoisotopic (exact) mass is 388 g/mol. The summed E-state index contributed by atoms with van der Waals surface area (Å²) in [5.74, 6) is -0.758. The maximum absolute atomic E-state index is 13.6. The van der Waals surface area contributed by atoms with Crippen LogP contribution in [0, 0.1) is 5.82 Å². The summed E-state index contributed by atoms with van der Waals surface area (Å²) in [6, 6.07) is 5.35. The first-order valence-corrected chi connectivity index (χ1v) is 9.96. The normalized spacial score (nSPS) is 17.2. The summed E-state index contributed by atoms with van der Waals surface area (Å²) in [7, 11) is 0. The number of fused-ring (bicyclic) bond motifs is 1. The van der Waals surface area contributed by atoms with Gasteiger partial charge in [-0.3, -0.25) is 9.59 Å². The Balaban J connectivity index is 1.34. The van der Waals surface area contributed by atoms with Crippen LogP contribution in [0.1, 0.15) is 33.9 Å². The molecule has 0 spiro atoms. The molecule has 6 nitrogen and oxygen atoms in total. The molecule has 2 aliphatic heterocycles. The summed E-state index contributed by atoms with van der Waals surface area (Å²) in [6.07, 6.45) is 2.87. The first kappa shape index (κ1) is 17.9. The molecule has 4 rings (SSSR count). The number of anilines is 1. The van der Waals surface area contributed by atoms with Crippen LogP contribution < -0.4 is 10.6 Å². The first-order valence-electron chi connectivity index (χ1n) is 9.08. The maximum Gasteiger partial charge on any atom is 0.268 e. The van der Waals surface area contributed by atoms with E-state index in [4.69, 9.17) is 5.73 Å². The average Bonchev–Trinajstić information content (AvgIpc) is 3.28. The van der Waals surface area contributed by atoms with E-state index in [1.165, 1.54) is 23.0 Å². The summed E-state index contributed by atoms with van der Waals surface area (Å²) >= 11 is 1.28. The van der Waals surface area contributed by atoms with Crippen molar-refractivity contribution in [3.8, 4) is 0 Å². The number of amides is 2. The van der Waals surface area contributed by atoms with Crippen LogP contribution in [0.2, 0.25) is 0 Å². The molecule has 2 amide bonds. The van der Waals surface area contributed by atoms with E-state index in [9.17, 15) is 14.0 Å². The molecule has 0 atom stereocenters. The molecular weight excluding hydrogens is 367 g/mol. The van der Waals surface area contributed by atoms with Gasteiger partial charge in [0.25, 0.3) is 5.91 Å². The Morgan fingerprint density at radius 1 is 1.26 bits per heavy atom. The van der Waals surface area contributed by atoms with Gasteiger partial charge < -0.3 is 15.5 Å². The van der Waals surface area contributed by atoms with Crippen LogP contribution in [-0.4, -0.2) is 47.4 Å². The Morgan fingerprint density at radius 3 is 2.74 bits per heavy atom. The number of carbonyl (C=O) groups excluding carboxylic acids is 2. The number of aromatic nitrogens is 1. The van der Waals surface area contributed by atoms with Crippen LogP contribution >= 0.6 is 11.3 Å². The Hall–Kier alpha value is -2.48. The van der Waals surface area contributed by atoms with E-state index in [0.29, 0.717) is 24.1 Å². The van der Waals surface area contributed by atoms with Gasteiger partial charge in [0.15, 0.2) is 0 Å². The highest BCUT2D eigenvalue weighted by molar-refractivity contribution is 7.09. The van der Waals surface area contributed by atoms with Crippen molar-refractivity contribution < 1.29 is 14.0 Å². The third-order valence-electron chi connectivity index (χ3n) is 5.34. The average molecular weight is 388 g/mol. The van der Waals surface area contributed by atoms with Gasteiger partial charge in [-0.1, -0.05) is 6.07 Å². The maximum atomic E-state index is 13.6. The number of rotatable bonds is 4. The molecule has 1 fully saturated rings. The Bertz CT molecular complexity index is 876. The second-order valence-corrected chi connectivity index (χ2v) is 7.94. The van der Waals surface area contributed by atoms with Crippen molar-refractivity contribution in [3.05, 3.63) is 45.7 Å². The van der Waals surface area contributed by atoms with E-state index in [0.717, 1.165) is 31.5 Å². The predicted octanol–water partition coefficient (Wildman–Crippen LogP) is 1.98. The van der Waals surface area contributed by atoms with E-state index < -0.39 is 5.91 Å². The number of hydrogen-bond acceptors (Lipinski definition) is 5. The molecule has 1 aromatic heterocycles. The van der Waals surface area contributed by atoms with E-state index in [1.807, 2.05) is 11.0 Å². The van der Waals surface area contributed by atoms with Crippen LogP contribution in [0.25, 0.3) is 0 Å². The van der Waals surface area contributed by atoms with Crippen molar-refractivity contribution in [1.29, 1.82) is 0 Å². The zero-order valence-electron chi connectivity index (χ0n) is 14.9. The van der Waals surface area contributed by atoms with Gasteiger partial charge in [0.1, 0.15) is 16.5 Å². The van der Waals surface area contributed by atoms with E-state index in [2.05, 4.69) is 9.88 Å². The first-order chi connectivity index (χ1) is 13.0. The lowest BCUT2D eigenvalue weighted by atomic mass is 10.0. The molecular formula is C19H21FN4O2S. The number of nitrogens with zero attached hydrogens (tertiary/aromatic N) is 3. The van der Waals surface area contributed by atoms with Crippen LogP contribution in [-0.2, 0) is 17.6 Å². The molecule has 1 saturated heterocycles. The fourth-order valence-electron chi connectivity index (χ4n) is 3.93. The van der Waals surface area contributed by atoms with Crippen LogP contribution in [0.3, 0.4) is 0 Å². The van der Waals surface area contributed by atoms with Crippen LogP contribution in [0.5, 0.6) is 0 Å². The second kappa shape index (κ2) is 7.26. The van der Waals surface area contributed by atoms with Crippen molar-refractivity contribution in [3.63, 3.8) is 0 Å².